The Morgan fingerprint density at radius 3 is 2.30 bits per heavy atom. The minimum atomic E-state index is -4.40. The predicted octanol–water partition coefficient (Wildman–Crippen LogP) is 5.03. The van der Waals surface area contributed by atoms with Gasteiger partial charge in [0.1, 0.15) is 17.1 Å². The van der Waals surface area contributed by atoms with Gasteiger partial charge in [0, 0.05) is 43.9 Å². The van der Waals surface area contributed by atoms with Crippen molar-refractivity contribution in [1.29, 1.82) is 0 Å². The normalized spacial score (nSPS) is 14.5. The number of amides is 2. The van der Waals surface area contributed by atoms with E-state index in [1.807, 2.05) is 25.3 Å². The summed E-state index contributed by atoms with van der Waals surface area (Å²) in [5, 5.41) is 2.85. The Morgan fingerprint density at radius 2 is 1.68 bits per heavy atom. The second-order valence-electron chi connectivity index (χ2n) is 9.98. The number of nitrogens with zero attached hydrogens (tertiary/aromatic N) is 2. The van der Waals surface area contributed by atoms with Crippen LogP contribution in [0.2, 0.25) is 0 Å². The maximum atomic E-state index is 12.9. The lowest BCUT2D eigenvalue weighted by Gasteiger charge is -2.38. The Morgan fingerprint density at radius 1 is 1.02 bits per heavy atom. The number of likely N-dealkylation sites (tertiary alicyclic amines) is 1. The minimum Gasteiger partial charge on any atom is -0.457 e. The lowest BCUT2D eigenvalue weighted by molar-refractivity contribution is -0.459. The summed E-state index contributed by atoms with van der Waals surface area (Å²) in [5.74, 6) is 0.837. The fourth-order valence-electron chi connectivity index (χ4n) is 4.82. The highest BCUT2D eigenvalue weighted by molar-refractivity contribution is 6.00. The van der Waals surface area contributed by atoms with E-state index in [1.54, 1.807) is 36.3 Å². The zero-order valence-corrected chi connectivity index (χ0v) is 22.1. The van der Waals surface area contributed by atoms with Crippen molar-refractivity contribution in [3.8, 4) is 11.5 Å². The average molecular weight is 553 g/mol. The van der Waals surface area contributed by atoms with Crippen molar-refractivity contribution < 1.29 is 36.8 Å². The summed E-state index contributed by atoms with van der Waals surface area (Å²) in [5.41, 5.74) is 3.44. The number of nitrogens with one attached hydrogen (secondary N) is 1. The summed E-state index contributed by atoms with van der Waals surface area (Å²) < 4.78 is 50.9. The van der Waals surface area contributed by atoms with Crippen molar-refractivity contribution >= 4 is 23.7 Å². The molecule has 2 amide bonds. The van der Waals surface area contributed by atoms with Gasteiger partial charge in [-0.25, -0.2) is 0 Å². The smallest absolute Gasteiger partial charge is 0.416 e. The number of aryl methyl sites for hydroxylation is 1. The molecule has 0 spiro atoms. The number of carbonyl (C=O) groups excluding carboxylic acids is 2. The fourth-order valence-corrected chi connectivity index (χ4v) is 4.82. The van der Waals surface area contributed by atoms with Gasteiger partial charge in [0.25, 0.3) is 11.8 Å². The van der Waals surface area contributed by atoms with Crippen molar-refractivity contribution in [2.24, 2.45) is 5.92 Å². The molecule has 2 heterocycles. The highest BCUT2D eigenvalue weighted by Gasteiger charge is 2.37. The number of benzene rings is 3. The second kappa shape index (κ2) is 11.1. The zero-order chi connectivity index (χ0) is 28.4. The molecule has 0 unspecified atom stereocenters. The Bertz CT molecular complexity index is 1440. The summed E-state index contributed by atoms with van der Waals surface area (Å²) >= 11 is 0. The summed E-state index contributed by atoms with van der Waals surface area (Å²) in [4.78, 5) is 27.1. The maximum absolute atomic E-state index is 12.9. The second-order valence-corrected chi connectivity index (χ2v) is 9.98. The maximum Gasteiger partial charge on any atom is 0.416 e. The molecule has 1 N–H and O–H groups in total. The number of rotatable bonds is 9. The van der Waals surface area contributed by atoms with E-state index in [1.165, 1.54) is 12.1 Å². The zero-order valence-electron chi connectivity index (χ0n) is 22.1. The van der Waals surface area contributed by atoms with E-state index in [2.05, 4.69) is 9.89 Å². The predicted molar refractivity (Wildman–Crippen MR) is 143 cm³/mol. The van der Waals surface area contributed by atoms with Crippen molar-refractivity contribution in [2.75, 3.05) is 39.9 Å². The molecule has 2 aliphatic heterocycles. The van der Waals surface area contributed by atoms with Gasteiger partial charge in [-0.3, -0.25) is 9.59 Å². The average Bonchev–Trinajstić information content (AvgIpc) is 2.89. The molecular formula is C30H29F3N3O4+. The lowest BCUT2D eigenvalue weighted by Crippen LogP contribution is -2.53. The van der Waals surface area contributed by atoms with Crippen molar-refractivity contribution in [2.45, 2.75) is 13.1 Å². The first-order valence-electron chi connectivity index (χ1n) is 12.9. The van der Waals surface area contributed by atoms with E-state index in [-0.39, 0.29) is 17.6 Å². The largest absolute Gasteiger partial charge is 0.457 e. The standard InChI is InChI=1S/C30H28F3N3O4/c1-19-13-27-22(14-26(19)28(37)34-11-12-39-2)18-35(27)15-20-16-36(17-20)29(38)21-3-7-24(8-4-21)40-25-9-5-23(6-10-25)30(31,32)33/h3-10,13-14,18,20H,11-12,15-17H2,1-2H3/p+1. The van der Waals surface area contributed by atoms with E-state index in [9.17, 15) is 22.8 Å². The third-order valence-electron chi connectivity index (χ3n) is 7.03. The van der Waals surface area contributed by atoms with Crippen LogP contribution >= 0.6 is 0 Å². The third kappa shape index (κ3) is 5.86. The van der Waals surface area contributed by atoms with Crippen molar-refractivity contribution in [3.05, 3.63) is 88.5 Å². The molecule has 0 atom stereocenters. The molecule has 0 bridgehead atoms. The topological polar surface area (TPSA) is 70.9 Å². The van der Waals surface area contributed by atoms with Gasteiger partial charge in [0.05, 0.1) is 18.1 Å². The highest BCUT2D eigenvalue weighted by Crippen LogP contribution is 2.33. The van der Waals surface area contributed by atoms with Crippen LogP contribution in [0.4, 0.5) is 18.9 Å². The summed E-state index contributed by atoms with van der Waals surface area (Å²) in [6.45, 7) is 4.91. The number of ether oxygens (including phenoxy) is 2. The van der Waals surface area contributed by atoms with E-state index in [4.69, 9.17) is 9.47 Å². The molecular weight excluding hydrogens is 523 g/mol. The van der Waals surface area contributed by atoms with E-state index < -0.39 is 11.7 Å². The number of methoxy groups -OCH3 is 1. The first kappa shape index (κ1) is 27.4. The first-order chi connectivity index (χ1) is 19.1. The molecule has 7 nitrogen and oxygen atoms in total. The van der Waals surface area contributed by atoms with Crippen LogP contribution in [0.15, 0.2) is 60.7 Å². The van der Waals surface area contributed by atoms with Gasteiger partial charge in [-0.2, -0.15) is 17.7 Å². The Labute approximate surface area is 229 Å². The molecule has 0 saturated carbocycles. The minimum absolute atomic E-state index is 0.0784. The Kier molecular flexibility index (Phi) is 7.62. The number of fused-ring (bicyclic) bond motifs is 1. The van der Waals surface area contributed by atoms with E-state index >= 15 is 0 Å². The van der Waals surface area contributed by atoms with Crippen LogP contribution < -0.4 is 10.1 Å². The monoisotopic (exact) mass is 552 g/mol. The van der Waals surface area contributed by atoms with Gasteiger partial charge in [0.15, 0.2) is 12.8 Å². The van der Waals surface area contributed by atoms with Gasteiger partial charge >= 0.3 is 6.18 Å². The third-order valence-corrected chi connectivity index (χ3v) is 7.03. The van der Waals surface area contributed by atoms with Gasteiger partial charge in [-0.05, 0) is 67.1 Å². The lowest BCUT2D eigenvalue weighted by atomic mass is 9.95. The van der Waals surface area contributed by atoms with Crippen LogP contribution in [0.25, 0.3) is 0 Å². The molecule has 1 fully saturated rings. The molecule has 3 aromatic carbocycles. The molecule has 40 heavy (non-hydrogen) atoms. The highest BCUT2D eigenvalue weighted by atomic mass is 19.4. The molecule has 10 heteroatoms. The Hall–Kier alpha value is -4.18. The van der Waals surface area contributed by atoms with Crippen molar-refractivity contribution in [1.82, 2.24) is 10.2 Å². The van der Waals surface area contributed by atoms with Gasteiger partial charge < -0.3 is 19.7 Å². The van der Waals surface area contributed by atoms with Crippen LogP contribution in [-0.2, 0) is 10.9 Å². The molecule has 0 radical (unpaired) electrons. The van der Waals surface area contributed by atoms with Crippen LogP contribution in [0.1, 0.15) is 37.4 Å². The fraction of sp³-hybridized carbons (Fsp3) is 0.300. The summed E-state index contributed by atoms with van der Waals surface area (Å²) in [7, 11) is 1.59. The van der Waals surface area contributed by atoms with Crippen LogP contribution in [-0.4, -0.2) is 67.4 Å². The van der Waals surface area contributed by atoms with Gasteiger partial charge in [-0.1, -0.05) is 0 Å². The molecule has 3 aromatic rings. The van der Waals surface area contributed by atoms with Crippen LogP contribution in [0.5, 0.6) is 11.5 Å². The van der Waals surface area contributed by atoms with Gasteiger partial charge in [-0.15, -0.1) is 0 Å². The Balaban J connectivity index is 1.11. The number of hydrogen-bond donors (Lipinski definition) is 1. The molecule has 208 valence electrons. The summed E-state index contributed by atoms with van der Waals surface area (Å²) in [6, 6.07) is 14.9. The van der Waals surface area contributed by atoms with Crippen molar-refractivity contribution in [3.63, 3.8) is 0 Å². The van der Waals surface area contributed by atoms with Gasteiger partial charge in [0.2, 0.25) is 5.69 Å². The molecule has 5 rings (SSSR count). The number of halogens is 3. The SMILES string of the molecule is COCCNC(=O)c1cc2c(cc1C)[N+](CC1CN(C(=O)c3ccc(Oc4ccc(C(F)(F)F)cc4)cc3)C1)=C2. The van der Waals surface area contributed by atoms with E-state index in [0.717, 1.165) is 35.5 Å². The van der Waals surface area contributed by atoms with E-state index in [0.29, 0.717) is 49.0 Å². The number of carbonyl (C=O) groups is 2. The first-order valence-corrected chi connectivity index (χ1v) is 12.9. The summed E-state index contributed by atoms with van der Waals surface area (Å²) in [6.07, 6.45) is -2.37. The van der Waals surface area contributed by atoms with Crippen LogP contribution in [0, 0.1) is 12.8 Å². The van der Waals surface area contributed by atoms with Crippen LogP contribution in [0.3, 0.4) is 0 Å². The molecule has 0 aromatic heterocycles. The molecule has 2 aliphatic rings. The molecule has 1 saturated heterocycles. The number of hydrogen-bond acceptors (Lipinski definition) is 4. The molecule has 0 aliphatic carbocycles. The number of alkyl halides is 3. The quantitative estimate of drug-likeness (QED) is 0.299.